The number of para-hydroxylation sites is 1. The highest BCUT2D eigenvalue weighted by Crippen LogP contribution is 2.23. The molecule has 2 aromatic carbocycles. The molecule has 2 aromatic rings. The van der Waals surface area contributed by atoms with Crippen LogP contribution >= 0.6 is 0 Å². The number of nitrogens with one attached hydrogen (secondary N) is 1. The monoisotopic (exact) mass is 401 g/mol. The van der Waals surface area contributed by atoms with Gasteiger partial charge in [-0.1, -0.05) is 24.3 Å². The number of hydrogen-bond donors (Lipinski definition) is 3. The molecule has 1 saturated heterocycles. The number of halogens is 1. The van der Waals surface area contributed by atoms with Crippen LogP contribution in [0.2, 0.25) is 0 Å². The Bertz CT molecular complexity index is 820. The van der Waals surface area contributed by atoms with E-state index in [1.807, 2.05) is 40.7 Å². The van der Waals surface area contributed by atoms with Crippen molar-refractivity contribution in [3.8, 4) is 0 Å². The van der Waals surface area contributed by atoms with Gasteiger partial charge < -0.3 is 14.9 Å². The van der Waals surface area contributed by atoms with Gasteiger partial charge in [0.05, 0.1) is 0 Å². The third-order valence-corrected chi connectivity index (χ3v) is 5.23. The molecule has 1 heterocycles. The van der Waals surface area contributed by atoms with Crippen LogP contribution in [-0.2, 0) is 6.54 Å². The molecule has 0 radical (unpaired) electrons. The number of hydrogen-bond acceptors (Lipinski definition) is 6. The minimum Gasteiger partial charge on any atom is -0.361 e. The Morgan fingerprint density at radius 1 is 1.21 bits per heavy atom. The highest BCUT2D eigenvalue weighted by atomic mass is 19.1. The number of nitrogen functional groups attached to an aromatic ring is 1. The maximum atomic E-state index is 14.7. The van der Waals surface area contributed by atoms with Gasteiger partial charge in [0.1, 0.15) is 5.82 Å². The van der Waals surface area contributed by atoms with Crippen LogP contribution in [0, 0.1) is 5.82 Å². The molecule has 7 nitrogen and oxygen atoms in total. The van der Waals surface area contributed by atoms with Crippen LogP contribution in [0.5, 0.6) is 0 Å². The van der Waals surface area contributed by atoms with Crippen LogP contribution in [0.1, 0.15) is 22.3 Å². The second-order valence-electron chi connectivity index (χ2n) is 7.28. The highest BCUT2D eigenvalue weighted by molar-refractivity contribution is 5.93. The first-order chi connectivity index (χ1) is 14.0. The number of aliphatic hydroxyl groups is 1. The largest absolute Gasteiger partial charge is 0.361 e. The Labute approximate surface area is 170 Å². The van der Waals surface area contributed by atoms with Crippen LogP contribution in [0.3, 0.4) is 0 Å². The van der Waals surface area contributed by atoms with Crippen molar-refractivity contribution in [3.05, 3.63) is 65.5 Å². The van der Waals surface area contributed by atoms with E-state index < -0.39 is 18.1 Å². The Hall–Kier alpha value is -2.52. The molecule has 0 aliphatic carbocycles. The standard InChI is InChI=1S/C21H28FN5O2/c1-25-10-5-11-26(13-12-25)21(29)27(18-6-3-2-4-7-18)15-17-9-8-16(14-19(17)22)20(28)24-23/h2-4,6-9,14,21,29H,5,10-13,15,23H2,1H3,(H,24,28). The first-order valence-corrected chi connectivity index (χ1v) is 9.71. The van der Waals surface area contributed by atoms with Gasteiger partial charge in [-0.25, -0.2) is 10.2 Å². The van der Waals surface area contributed by atoms with Crippen molar-refractivity contribution in [1.29, 1.82) is 0 Å². The van der Waals surface area contributed by atoms with Gasteiger partial charge in [0.2, 0.25) is 0 Å². The Balaban J connectivity index is 1.86. The lowest BCUT2D eigenvalue weighted by atomic mass is 10.1. The zero-order chi connectivity index (χ0) is 20.8. The van der Waals surface area contributed by atoms with Gasteiger partial charge >= 0.3 is 0 Å². The van der Waals surface area contributed by atoms with Crippen molar-refractivity contribution < 1.29 is 14.3 Å². The van der Waals surface area contributed by atoms with E-state index in [0.29, 0.717) is 5.56 Å². The molecule has 1 amide bonds. The molecule has 1 aliphatic heterocycles. The van der Waals surface area contributed by atoms with E-state index >= 15 is 0 Å². The maximum Gasteiger partial charge on any atom is 0.265 e. The Kier molecular flexibility index (Phi) is 7.16. The average molecular weight is 401 g/mol. The fourth-order valence-electron chi connectivity index (χ4n) is 3.50. The molecule has 8 heteroatoms. The summed E-state index contributed by atoms with van der Waals surface area (Å²) in [6, 6.07) is 13.7. The number of carbonyl (C=O) groups excluding carboxylic acids is 1. The van der Waals surface area contributed by atoms with E-state index in [1.165, 1.54) is 6.07 Å². The average Bonchev–Trinajstić information content (AvgIpc) is 2.97. The zero-order valence-electron chi connectivity index (χ0n) is 16.6. The summed E-state index contributed by atoms with van der Waals surface area (Å²) in [5, 5.41) is 11.2. The smallest absolute Gasteiger partial charge is 0.265 e. The number of benzene rings is 2. The Morgan fingerprint density at radius 3 is 2.66 bits per heavy atom. The minimum atomic E-state index is -0.893. The van der Waals surface area contributed by atoms with Crippen molar-refractivity contribution in [1.82, 2.24) is 15.2 Å². The van der Waals surface area contributed by atoms with Crippen LogP contribution in [0.4, 0.5) is 10.1 Å². The number of carbonyl (C=O) groups is 1. The van der Waals surface area contributed by atoms with E-state index in [1.54, 1.807) is 11.0 Å². The first-order valence-electron chi connectivity index (χ1n) is 9.71. The number of anilines is 1. The summed E-state index contributed by atoms with van der Waals surface area (Å²) in [5.41, 5.74) is 3.32. The number of hydrazine groups is 1. The van der Waals surface area contributed by atoms with Gasteiger partial charge in [0.15, 0.2) is 6.35 Å². The normalized spacial score (nSPS) is 16.8. The Morgan fingerprint density at radius 2 is 1.97 bits per heavy atom. The van der Waals surface area contributed by atoms with Crippen LogP contribution in [-0.4, -0.2) is 60.4 Å². The van der Waals surface area contributed by atoms with Crippen molar-refractivity contribution in [2.24, 2.45) is 5.84 Å². The van der Waals surface area contributed by atoms with Crippen LogP contribution < -0.4 is 16.2 Å². The molecule has 1 aliphatic rings. The quantitative estimate of drug-likeness (QED) is 0.293. The summed E-state index contributed by atoms with van der Waals surface area (Å²) in [5.74, 6) is 4.05. The minimum absolute atomic E-state index is 0.149. The third-order valence-electron chi connectivity index (χ3n) is 5.23. The molecule has 4 N–H and O–H groups in total. The summed E-state index contributed by atoms with van der Waals surface area (Å²) in [6.45, 7) is 3.48. The summed E-state index contributed by atoms with van der Waals surface area (Å²) in [7, 11) is 2.07. The number of amides is 1. The fourth-order valence-corrected chi connectivity index (χ4v) is 3.50. The molecule has 3 rings (SSSR count). The van der Waals surface area contributed by atoms with Crippen molar-refractivity contribution >= 4 is 11.6 Å². The summed E-state index contributed by atoms with van der Waals surface area (Å²) in [6.07, 6.45) is 0.0586. The molecule has 0 spiro atoms. The fraction of sp³-hybridized carbons (Fsp3) is 0.381. The van der Waals surface area contributed by atoms with E-state index in [4.69, 9.17) is 5.84 Å². The lowest BCUT2D eigenvalue weighted by molar-refractivity contribution is 0.00308. The van der Waals surface area contributed by atoms with E-state index in [2.05, 4.69) is 11.9 Å². The third kappa shape index (κ3) is 5.30. The summed E-state index contributed by atoms with van der Waals surface area (Å²) >= 11 is 0. The van der Waals surface area contributed by atoms with Crippen LogP contribution in [0.25, 0.3) is 0 Å². The molecule has 1 unspecified atom stereocenters. The van der Waals surface area contributed by atoms with Gasteiger partial charge in [0, 0.05) is 43.0 Å². The molecular weight excluding hydrogens is 373 g/mol. The molecule has 29 heavy (non-hydrogen) atoms. The van der Waals surface area contributed by atoms with Gasteiger partial charge in [-0.2, -0.15) is 0 Å². The number of aliphatic hydroxyl groups excluding tert-OH is 1. The lowest BCUT2D eigenvalue weighted by Crippen LogP contribution is -2.49. The first kappa shape index (κ1) is 21.2. The molecule has 1 fully saturated rings. The second-order valence-corrected chi connectivity index (χ2v) is 7.28. The van der Waals surface area contributed by atoms with E-state index in [9.17, 15) is 14.3 Å². The van der Waals surface area contributed by atoms with Crippen molar-refractivity contribution in [2.45, 2.75) is 19.3 Å². The summed E-state index contributed by atoms with van der Waals surface area (Å²) in [4.78, 5) is 17.6. The predicted molar refractivity (Wildman–Crippen MR) is 110 cm³/mol. The van der Waals surface area contributed by atoms with Crippen molar-refractivity contribution in [3.63, 3.8) is 0 Å². The number of nitrogens with two attached hydrogens (primary N) is 1. The van der Waals surface area contributed by atoms with Gasteiger partial charge in [-0.05, 0) is 44.3 Å². The highest BCUT2D eigenvalue weighted by Gasteiger charge is 2.26. The molecule has 0 saturated carbocycles. The van der Waals surface area contributed by atoms with Crippen LogP contribution in [0.15, 0.2) is 48.5 Å². The van der Waals surface area contributed by atoms with Crippen molar-refractivity contribution in [2.75, 3.05) is 38.1 Å². The van der Waals surface area contributed by atoms with Gasteiger partial charge in [-0.3, -0.25) is 15.1 Å². The molecule has 1 atom stereocenters. The zero-order valence-corrected chi connectivity index (χ0v) is 16.6. The second kappa shape index (κ2) is 9.80. The SMILES string of the molecule is CN1CCCN(C(O)N(Cc2ccc(C(=O)NN)cc2F)c2ccccc2)CC1. The number of rotatable bonds is 6. The molecule has 156 valence electrons. The van der Waals surface area contributed by atoms with Gasteiger partial charge in [0.25, 0.3) is 5.91 Å². The lowest BCUT2D eigenvalue weighted by Gasteiger charge is -2.37. The van der Waals surface area contributed by atoms with Gasteiger partial charge in [-0.15, -0.1) is 0 Å². The predicted octanol–water partition coefficient (Wildman–Crippen LogP) is 1.35. The van der Waals surface area contributed by atoms with E-state index in [0.717, 1.165) is 44.4 Å². The number of likely N-dealkylation sites (N-methyl/N-ethyl adjacent to an activating group) is 1. The summed E-state index contributed by atoms with van der Waals surface area (Å²) < 4.78 is 14.7. The molecule has 0 aromatic heterocycles. The molecule has 0 bridgehead atoms. The molecular formula is C21H28FN5O2. The number of nitrogens with zero attached hydrogens (tertiary/aromatic N) is 3. The topological polar surface area (TPSA) is 85.1 Å². The maximum absolute atomic E-state index is 14.7. The van der Waals surface area contributed by atoms with E-state index in [-0.39, 0.29) is 12.1 Å².